The first-order valence-electron chi connectivity index (χ1n) is 5.72. The average Bonchev–Trinajstić information content (AvgIpc) is 2.84. The number of anilines is 1. The van der Waals surface area contributed by atoms with Crippen LogP contribution < -0.4 is 5.32 Å². The molecule has 1 N–H and O–H groups in total. The van der Waals surface area contributed by atoms with Crippen LogP contribution in [0.25, 0.3) is 0 Å². The fourth-order valence-electron chi connectivity index (χ4n) is 1.68. The van der Waals surface area contributed by atoms with Gasteiger partial charge in [0.15, 0.2) is 0 Å². The van der Waals surface area contributed by atoms with Crippen molar-refractivity contribution < 1.29 is 18.0 Å². The third-order valence-corrected chi connectivity index (χ3v) is 2.64. The minimum Gasteiger partial charge on any atom is -0.340 e. The summed E-state index contributed by atoms with van der Waals surface area (Å²) < 4.78 is 39.9. The number of alkyl halides is 3. The molecule has 0 atom stereocenters. The molecule has 0 spiro atoms. The third-order valence-electron chi connectivity index (χ3n) is 2.64. The first kappa shape index (κ1) is 14.6. The van der Waals surface area contributed by atoms with Gasteiger partial charge in [0.05, 0.1) is 23.5 Å². The molecule has 8 heteroatoms. The van der Waals surface area contributed by atoms with Crippen molar-refractivity contribution in [1.82, 2.24) is 9.55 Å². The summed E-state index contributed by atoms with van der Waals surface area (Å²) in [6, 6.07) is 4.43. The number of nitrogens with zero attached hydrogens (tertiary/aromatic N) is 3. The van der Waals surface area contributed by atoms with Gasteiger partial charge in [-0.1, -0.05) is 0 Å². The summed E-state index contributed by atoms with van der Waals surface area (Å²) in [5.41, 5.74) is -1.57. The molecule has 2 aromatic rings. The highest BCUT2D eigenvalue weighted by atomic mass is 19.4. The van der Waals surface area contributed by atoms with Crippen molar-refractivity contribution >= 4 is 11.6 Å². The van der Waals surface area contributed by atoms with Gasteiger partial charge < -0.3 is 9.88 Å². The lowest BCUT2D eigenvalue weighted by atomic mass is 10.1. The van der Waals surface area contributed by atoms with E-state index in [0.29, 0.717) is 0 Å². The molecule has 2 rings (SSSR count). The Bertz CT molecular complexity index is 728. The molecule has 1 amide bonds. The number of nitrogens with one attached hydrogen (secondary N) is 1. The molecule has 0 aliphatic carbocycles. The Hall–Kier alpha value is -2.82. The van der Waals surface area contributed by atoms with Gasteiger partial charge in [-0.15, -0.1) is 0 Å². The van der Waals surface area contributed by atoms with Crippen molar-refractivity contribution in [2.75, 3.05) is 5.32 Å². The lowest BCUT2D eigenvalue weighted by Crippen LogP contribution is -2.14. The van der Waals surface area contributed by atoms with Crippen LogP contribution in [0.4, 0.5) is 18.9 Å². The number of carbonyl (C=O) groups excluding carboxylic acids is 1. The van der Waals surface area contributed by atoms with E-state index in [0.717, 1.165) is 12.1 Å². The highest BCUT2D eigenvalue weighted by molar-refractivity contribution is 6.02. The van der Waals surface area contributed by atoms with Gasteiger partial charge in [-0.25, -0.2) is 4.98 Å². The van der Waals surface area contributed by atoms with E-state index in [1.807, 2.05) is 0 Å². The number of hydrogen-bond acceptors (Lipinski definition) is 3. The van der Waals surface area contributed by atoms with Crippen LogP contribution in [-0.2, 0) is 13.2 Å². The number of benzene rings is 1. The van der Waals surface area contributed by atoms with E-state index >= 15 is 0 Å². The topological polar surface area (TPSA) is 70.7 Å². The van der Waals surface area contributed by atoms with Gasteiger partial charge in [0.25, 0.3) is 5.91 Å². The number of hydrogen-bond donors (Lipinski definition) is 1. The van der Waals surface area contributed by atoms with Crippen LogP contribution in [-0.4, -0.2) is 15.5 Å². The van der Waals surface area contributed by atoms with Gasteiger partial charge in [-0.05, 0) is 18.2 Å². The molecule has 0 radical (unpaired) electrons. The van der Waals surface area contributed by atoms with E-state index in [2.05, 4.69) is 10.3 Å². The highest BCUT2D eigenvalue weighted by Crippen LogP contribution is 2.33. The molecular formula is C13H9F3N4O. The number of amides is 1. The maximum Gasteiger partial charge on any atom is 0.417 e. The molecule has 0 saturated carbocycles. The summed E-state index contributed by atoms with van der Waals surface area (Å²) in [4.78, 5) is 15.6. The number of carbonyl (C=O) groups is 1. The maximum absolute atomic E-state index is 12.8. The van der Waals surface area contributed by atoms with Gasteiger partial charge in [-0.3, -0.25) is 4.79 Å². The Kier molecular flexibility index (Phi) is 3.67. The summed E-state index contributed by atoms with van der Waals surface area (Å²) in [6.07, 6.45) is -1.84. The van der Waals surface area contributed by atoms with E-state index in [-0.39, 0.29) is 11.4 Å². The molecule has 108 valence electrons. The Labute approximate surface area is 117 Å². The fourth-order valence-corrected chi connectivity index (χ4v) is 1.68. The van der Waals surface area contributed by atoms with Crippen LogP contribution in [0, 0.1) is 11.3 Å². The second-order valence-corrected chi connectivity index (χ2v) is 4.25. The maximum atomic E-state index is 12.8. The standard InChI is InChI=1S/C13H9F3N4O/c1-20-6-11(18-7-20)12(21)19-9-3-2-8(5-17)10(4-9)13(14,15)16/h2-4,6-7H,1H3,(H,19,21). The highest BCUT2D eigenvalue weighted by Gasteiger charge is 2.34. The molecule has 0 fully saturated rings. The first-order chi connectivity index (χ1) is 9.81. The largest absolute Gasteiger partial charge is 0.417 e. The Morgan fingerprint density at radius 1 is 1.43 bits per heavy atom. The monoisotopic (exact) mass is 294 g/mol. The number of imidazole rings is 1. The van der Waals surface area contributed by atoms with Crippen LogP contribution in [0.1, 0.15) is 21.6 Å². The van der Waals surface area contributed by atoms with Crippen LogP contribution in [0.3, 0.4) is 0 Å². The molecule has 0 unspecified atom stereocenters. The molecule has 0 aliphatic heterocycles. The van der Waals surface area contributed by atoms with E-state index in [1.54, 1.807) is 7.05 Å². The number of nitriles is 1. The van der Waals surface area contributed by atoms with Gasteiger partial charge in [-0.2, -0.15) is 18.4 Å². The number of rotatable bonds is 2. The molecule has 5 nitrogen and oxygen atoms in total. The summed E-state index contributed by atoms with van der Waals surface area (Å²) in [6.45, 7) is 0. The van der Waals surface area contributed by atoms with Crippen molar-refractivity contribution in [2.45, 2.75) is 6.18 Å². The summed E-state index contributed by atoms with van der Waals surface area (Å²) >= 11 is 0. The molecule has 0 aliphatic rings. The zero-order valence-corrected chi connectivity index (χ0v) is 10.8. The van der Waals surface area contributed by atoms with Crippen LogP contribution >= 0.6 is 0 Å². The average molecular weight is 294 g/mol. The Morgan fingerprint density at radius 3 is 2.67 bits per heavy atom. The zero-order valence-electron chi connectivity index (χ0n) is 10.8. The van der Waals surface area contributed by atoms with E-state index in [9.17, 15) is 18.0 Å². The van der Waals surface area contributed by atoms with Crippen LogP contribution in [0.2, 0.25) is 0 Å². The summed E-state index contributed by atoms with van der Waals surface area (Å²) in [5.74, 6) is -0.631. The second kappa shape index (κ2) is 5.28. The zero-order chi connectivity index (χ0) is 15.6. The quantitative estimate of drug-likeness (QED) is 0.925. The smallest absolute Gasteiger partial charge is 0.340 e. The normalized spacial score (nSPS) is 11.0. The number of halogens is 3. The Balaban J connectivity index is 2.30. The van der Waals surface area contributed by atoms with Crippen LogP contribution in [0.15, 0.2) is 30.7 Å². The predicted molar refractivity (Wildman–Crippen MR) is 67.3 cm³/mol. The Morgan fingerprint density at radius 2 is 2.14 bits per heavy atom. The minimum absolute atomic E-state index is 0.0584. The minimum atomic E-state index is -4.67. The van der Waals surface area contributed by atoms with Crippen molar-refractivity contribution in [3.05, 3.63) is 47.5 Å². The van der Waals surface area contributed by atoms with Gasteiger partial charge in [0.2, 0.25) is 0 Å². The molecule has 1 aromatic carbocycles. The van der Waals surface area contributed by atoms with Crippen molar-refractivity contribution in [1.29, 1.82) is 5.26 Å². The van der Waals surface area contributed by atoms with Crippen LogP contribution in [0.5, 0.6) is 0 Å². The van der Waals surface area contributed by atoms with Gasteiger partial charge >= 0.3 is 6.18 Å². The SMILES string of the molecule is Cn1cnc(C(=O)Nc2ccc(C#N)c(C(F)(F)F)c2)c1. The lowest BCUT2D eigenvalue weighted by molar-refractivity contribution is -0.137. The predicted octanol–water partition coefficient (Wildman–Crippen LogP) is 2.56. The molecule has 0 bridgehead atoms. The van der Waals surface area contributed by atoms with Crippen molar-refractivity contribution in [2.24, 2.45) is 7.05 Å². The molecule has 1 heterocycles. The van der Waals surface area contributed by atoms with E-state index < -0.39 is 23.2 Å². The van der Waals surface area contributed by atoms with Crippen molar-refractivity contribution in [3.63, 3.8) is 0 Å². The van der Waals surface area contributed by atoms with Crippen molar-refractivity contribution in [3.8, 4) is 6.07 Å². The van der Waals surface area contributed by atoms with Gasteiger partial charge in [0, 0.05) is 18.9 Å². The summed E-state index contributed by atoms with van der Waals surface area (Å²) in [5, 5.41) is 11.0. The van der Waals surface area contributed by atoms with Gasteiger partial charge in [0.1, 0.15) is 5.69 Å². The molecule has 21 heavy (non-hydrogen) atoms. The van der Waals surface area contributed by atoms with E-state index in [4.69, 9.17) is 5.26 Å². The summed E-state index contributed by atoms with van der Waals surface area (Å²) in [7, 11) is 1.66. The number of aromatic nitrogens is 2. The fraction of sp³-hybridized carbons (Fsp3) is 0.154. The molecule has 1 aromatic heterocycles. The number of aryl methyl sites for hydroxylation is 1. The first-order valence-corrected chi connectivity index (χ1v) is 5.72. The van der Waals surface area contributed by atoms with E-state index in [1.165, 1.54) is 29.2 Å². The molecular weight excluding hydrogens is 285 g/mol. The second-order valence-electron chi connectivity index (χ2n) is 4.25. The lowest BCUT2D eigenvalue weighted by Gasteiger charge is -2.11. The molecule has 0 saturated heterocycles. The third kappa shape index (κ3) is 3.20.